The molecule has 0 aromatic carbocycles. The lowest BCUT2D eigenvalue weighted by Gasteiger charge is -2.08. The van der Waals surface area contributed by atoms with Gasteiger partial charge in [-0.15, -0.1) is 0 Å². The minimum Gasteiger partial charge on any atom is -0.507 e. The fourth-order valence-corrected chi connectivity index (χ4v) is 4.37. The monoisotopic (exact) mass is 488 g/mol. The molecule has 0 radical (unpaired) electrons. The first-order valence-corrected chi connectivity index (χ1v) is 13.7. The second-order valence-corrected chi connectivity index (χ2v) is 9.65. The predicted octanol–water partition coefficient (Wildman–Crippen LogP) is 7.18. The zero-order valence-electron chi connectivity index (χ0n) is 21.7. The zero-order valence-corrected chi connectivity index (χ0v) is 21.7. The number of hydrogen-bond acceptors (Lipinski definition) is 6. The van der Waals surface area contributed by atoms with Gasteiger partial charge in [0, 0.05) is 31.4 Å². The molecule has 0 atom stereocenters. The number of aryl methyl sites for hydroxylation is 2. The third-order valence-electron chi connectivity index (χ3n) is 6.56. The summed E-state index contributed by atoms with van der Waals surface area (Å²) in [6.45, 7) is 4.39. The summed E-state index contributed by atoms with van der Waals surface area (Å²) in [5.74, 6) is 0.438. The Morgan fingerprint density at radius 3 is 1.26 bits per heavy atom. The second-order valence-electron chi connectivity index (χ2n) is 9.65. The molecule has 0 unspecified atom stereocenters. The summed E-state index contributed by atoms with van der Waals surface area (Å²) in [6, 6.07) is 2.89. The van der Waals surface area contributed by atoms with E-state index in [4.69, 9.17) is 8.83 Å². The zero-order chi connectivity index (χ0) is 25.5. The molecule has 0 spiro atoms. The van der Waals surface area contributed by atoms with Crippen molar-refractivity contribution in [3.05, 3.63) is 55.6 Å². The topological polar surface area (TPSA) is 101 Å². The van der Waals surface area contributed by atoms with E-state index >= 15 is 0 Å². The Hall–Kier alpha value is -2.50. The van der Waals surface area contributed by atoms with Crippen LogP contribution in [0.2, 0.25) is 0 Å². The minimum absolute atomic E-state index is 0.0456. The van der Waals surface area contributed by atoms with E-state index in [0.717, 1.165) is 38.5 Å². The Kier molecular flexibility index (Phi) is 13.3. The molecule has 0 saturated heterocycles. The molecule has 2 aromatic heterocycles. The quantitative estimate of drug-likeness (QED) is 0.216. The van der Waals surface area contributed by atoms with Crippen LogP contribution >= 0.6 is 0 Å². The van der Waals surface area contributed by atoms with Crippen molar-refractivity contribution in [3.63, 3.8) is 0 Å². The minimum atomic E-state index is -0.686. The van der Waals surface area contributed by atoms with Crippen molar-refractivity contribution in [2.75, 3.05) is 0 Å². The third kappa shape index (κ3) is 10.3. The molecular weight excluding hydrogens is 444 g/mol. The van der Waals surface area contributed by atoms with E-state index in [1.165, 1.54) is 63.5 Å². The smallest absolute Gasteiger partial charge is 0.343 e. The van der Waals surface area contributed by atoms with Crippen LogP contribution in [0.25, 0.3) is 0 Å². The van der Waals surface area contributed by atoms with Crippen LogP contribution in [0.1, 0.15) is 126 Å². The van der Waals surface area contributed by atoms with Crippen LogP contribution in [0.15, 0.2) is 30.6 Å². The predicted molar refractivity (Wildman–Crippen MR) is 139 cm³/mol. The highest BCUT2D eigenvalue weighted by atomic mass is 16.4. The fraction of sp³-hybridized carbons (Fsp3) is 0.655. The lowest BCUT2D eigenvalue weighted by Crippen LogP contribution is -2.15. The molecule has 0 bridgehead atoms. The van der Waals surface area contributed by atoms with Crippen LogP contribution in [0.4, 0.5) is 0 Å². The first kappa shape index (κ1) is 28.7. The molecule has 0 amide bonds. The maximum absolute atomic E-state index is 12.5. The maximum atomic E-state index is 12.5. The van der Waals surface area contributed by atoms with Gasteiger partial charge in [0.15, 0.2) is 0 Å². The van der Waals surface area contributed by atoms with Gasteiger partial charge in [0.2, 0.25) is 0 Å². The molecule has 0 aliphatic rings. The highest BCUT2D eigenvalue weighted by molar-refractivity contribution is 5.39. The van der Waals surface area contributed by atoms with Crippen LogP contribution < -0.4 is 11.3 Å². The first-order chi connectivity index (χ1) is 17.0. The van der Waals surface area contributed by atoms with Gasteiger partial charge in [0.1, 0.15) is 23.0 Å². The average molecular weight is 489 g/mol. The summed E-state index contributed by atoms with van der Waals surface area (Å²) in [4.78, 5) is 25.0. The molecule has 0 aliphatic heterocycles. The van der Waals surface area contributed by atoms with E-state index < -0.39 is 11.3 Å². The van der Waals surface area contributed by atoms with E-state index in [1.807, 2.05) is 0 Å². The molecule has 2 aromatic rings. The van der Waals surface area contributed by atoms with Gasteiger partial charge in [-0.2, -0.15) is 0 Å². The van der Waals surface area contributed by atoms with E-state index in [-0.39, 0.29) is 29.0 Å². The first-order valence-electron chi connectivity index (χ1n) is 13.7. The van der Waals surface area contributed by atoms with Crippen LogP contribution in [0.3, 0.4) is 0 Å². The largest absolute Gasteiger partial charge is 0.507 e. The summed E-state index contributed by atoms with van der Waals surface area (Å²) in [7, 11) is 0. The van der Waals surface area contributed by atoms with Gasteiger partial charge in [0.25, 0.3) is 0 Å². The summed E-state index contributed by atoms with van der Waals surface area (Å²) < 4.78 is 10.8. The van der Waals surface area contributed by atoms with Gasteiger partial charge in [-0.3, -0.25) is 0 Å². The highest BCUT2D eigenvalue weighted by Crippen LogP contribution is 2.24. The number of unbranched alkanes of at least 4 members (excludes halogenated alkanes) is 12. The van der Waals surface area contributed by atoms with Gasteiger partial charge in [-0.05, 0) is 12.8 Å². The van der Waals surface area contributed by atoms with Crippen molar-refractivity contribution < 1.29 is 19.0 Å². The Labute approximate surface area is 209 Å². The van der Waals surface area contributed by atoms with Crippen molar-refractivity contribution >= 4 is 0 Å². The van der Waals surface area contributed by atoms with Crippen molar-refractivity contribution in [1.82, 2.24) is 0 Å². The Morgan fingerprint density at radius 2 is 0.914 bits per heavy atom. The molecule has 0 aliphatic carbocycles. The van der Waals surface area contributed by atoms with Gasteiger partial charge >= 0.3 is 11.3 Å². The molecule has 196 valence electrons. The standard InChI is InChI=1S/C29H44O6/c1-3-5-7-9-11-13-15-17-22-19-26(30)24(28(32)34-22)21-25-27(31)20-23(35-29(25)33)18-16-14-12-10-8-6-4-2/h19-20,30-31H,3-18,21H2,1-2H3. The van der Waals surface area contributed by atoms with Gasteiger partial charge in [0.05, 0.1) is 11.1 Å². The molecule has 2 heterocycles. The van der Waals surface area contributed by atoms with Crippen molar-refractivity contribution in [2.45, 2.75) is 123 Å². The lowest BCUT2D eigenvalue weighted by molar-refractivity contribution is 0.399. The molecule has 0 saturated carbocycles. The van der Waals surface area contributed by atoms with Gasteiger partial charge in [-0.1, -0.05) is 90.9 Å². The molecule has 2 rings (SSSR count). The van der Waals surface area contributed by atoms with Crippen molar-refractivity contribution in [1.29, 1.82) is 0 Å². The van der Waals surface area contributed by atoms with Crippen LogP contribution in [-0.2, 0) is 19.3 Å². The normalized spacial score (nSPS) is 11.3. The fourth-order valence-electron chi connectivity index (χ4n) is 4.37. The number of aromatic hydroxyl groups is 2. The molecule has 2 N–H and O–H groups in total. The average Bonchev–Trinajstić information content (AvgIpc) is 2.81. The molecule has 0 fully saturated rings. The Morgan fingerprint density at radius 1 is 0.571 bits per heavy atom. The SMILES string of the molecule is CCCCCCCCCc1cc(O)c(Cc2c(O)cc(CCCCCCCCC)oc2=O)c(=O)o1. The van der Waals surface area contributed by atoms with E-state index in [1.54, 1.807) is 0 Å². The summed E-state index contributed by atoms with van der Waals surface area (Å²) in [5, 5.41) is 20.8. The molecule has 6 heteroatoms. The van der Waals surface area contributed by atoms with Crippen LogP contribution in [0, 0.1) is 0 Å². The Bertz CT molecular complexity index is 908. The molecule has 35 heavy (non-hydrogen) atoms. The van der Waals surface area contributed by atoms with E-state index in [9.17, 15) is 19.8 Å². The highest BCUT2D eigenvalue weighted by Gasteiger charge is 2.18. The second kappa shape index (κ2) is 16.2. The summed E-state index contributed by atoms with van der Waals surface area (Å²) in [6.07, 6.45) is 17.0. The summed E-state index contributed by atoms with van der Waals surface area (Å²) >= 11 is 0. The number of rotatable bonds is 18. The van der Waals surface area contributed by atoms with Gasteiger partial charge < -0.3 is 19.0 Å². The Balaban J connectivity index is 1.91. The van der Waals surface area contributed by atoms with Crippen molar-refractivity contribution in [2.24, 2.45) is 0 Å². The van der Waals surface area contributed by atoms with Crippen molar-refractivity contribution in [3.8, 4) is 11.5 Å². The van der Waals surface area contributed by atoms with E-state index in [2.05, 4.69) is 13.8 Å². The van der Waals surface area contributed by atoms with Crippen LogP contribution in [-0.4, -0.2) is 10.2 Å². The van der Waals surface area contributed by atoms with Crippen LogP contribution in [0.5, 0.6) is 11.5 Å². The van der Waals surface area contributed by atoms with Gasteiger partial charge in [-0.25, -0.2) is 9.59 Å². The number of hydrogen-bond donors (Lipinski definition) is 2. The van der Waals surface area contributed by atoms with E-state index in [0.29, 0.717) is 24.4 Å². The summed E-state index contributed by atoms with van der Waals surface area (Å²) in [5.41, 5.74) is -1.46. The maximum Gasteiger partial charge on any atom is 0.343 e. The lowest BCUT2D eigenvalue weighted by atomic mass is 10.0. The molecule has 6 nitrogen and oxygen atoms in total. The molecular formula is C29H44O6. The third-order valence-corrected chi connectivity index (χ3v) is 6.56.